The molecule has 1 fully saturated rings. The van der Waals surface area contributed by atoms with Gasteiger partial charge in [0.05, 0.1) is 5.92 Å². The molecule has 0 aromatic carbocycles. The van der Waals surface area contributed by atoms with Crippen molar-refractivity contribution in [2.75, 3.05) is 0 Å². The molecule has 1 rings (SSSR count). The average molecular weight is 157 g/mol. The summed E-state index contributed by atoms with van der Waals surface area (Å²) in [6.45, 7) is 0. The number of carbonyl (C=O) groups excluding carboxylic acids is 1. The van der Waals surface area contributed by atoms with E-state index in [1.165, 1.54) is 0 Å². The lowest BCUT2D eigenvalue weighted by molar-refractivity contribution is -0.143. The third kappa shape index (κ3) is 2.03. The molecule has 62 valence electrons. The van der Waals surface area contributed by atoms with Crippen molar-refractivity contribution in [3.05, 3.63) is 0 Å². The van der Waals surface area contributed by atoms with Crippen LogP contribution in [0, 0.1) is 11.8 Å². The quantitative estimate of drug-likeness (QED) is 0.610. The Kier molecular flexibility index (Phi) is 2.18. The summed E-state index contributed by atoms with van der Waals surface area (Å²) in [7, 11) is 0. The van der Waals surface area contributed by atoms with Gasteiger partial charge >= 0.3 is 5.97 Å². The van der Waals surface area contributed by atoms with E-state index >= 15 is 0 Å². The van der Waals surface area contributed by atoms with Gasteiger partial charge in [-0.1, -0.05) is 0 Å². The molecular weight excluding hydrogens is 144 g/mol. The highest BCUT2D eigenvalue weighted by Crippen LogP contribution is 2.27. The van der Waals surface area contributed by atoms with Crippen molar-refractivity contribution in [2.45, 2.75) is 25.7 Å². The van der Waals surface area contributed by atoms with E-state index in [-0.39, 0.29) is 11.8 Å². The van der Waals surface area contributed by atoms with Crippen molar-refractivity contribution in [3.63, 3.8) is 0 Å². The summed E-state index contributed by atoms with van der Waals surface area (Å²) >= 11 is 0. The zero-order valence-electron chi connectivity index (χ0n) is 7.25. The molecule has 11 heavy (non-hydrogen) atoms. The molecule has 3 nitrogen and oxygen atoms in total. The summed E-state index contributed by atoms with van der Waals surface area (Å²) in [4.78, 5) is 21.1. The van der Waals surface area contributed by atoms with Crippen molar-refractivity contribution in [1.82, 2.24) is 0 Å². The first-order chi connectivity index (χ1) is 5.61. The van der Waals surface area contributed by atoms with Crippen LogP contribution in [0.15, 0.2) is 0 Å². The number of hydrogen-bond donors (Lipinski definition) is 1. The molecule has 1 aliphatic rings. The van der Waals surface area contributed by atoms with Crippen LogP contribution in [0.4, 0.5) is 0 Å². The van der Waals surface area contributed by atoms with Gasteiger partial charge in [-0.25, -0.2) is 0 Å². The normalized spacial score (nSPS) is 32.5. The van der Waals surface area contributed by atoms with Crippen LogP contribution in [0.1, 0.15) is 27.1 Å². The van der Waals surface area contributed by atoms with Gasteiger partial charge in [0.25, 0.3) is 0 Å². The van der Waals surface area contributed by atoms with Gasteiger partial charge in [-0.15, -0.1) is 0 Å². The van der Waals surface area contributed by atoms with E-state index in [1.54, 1.807) is 0 Å². The van der Waals surface area contributed by atoms with Gasteiger partial charge in [-0.2, -0.15) is 0 Å². The van der Waals surface area contributed by atoms with Crippen molar-refractivity contribution in [2.24, 2.45) is 11.8 Å². The van der Waals surface area contributed by atoms with E-state index in [1.807, 2.05) is 0 Å². The number of carboxylic acids is 1. The minimum Gasteiger partial charge on any atom is -0.481 e. The Morgan fingerprint density at radius 2 is 2.00 bits per heavy atom. The van der Waals surface area contributed by atoms with Gasteiger partial charge in [-0.05, 0) is 25.7 Å². The molecule has 0 radical (unpaired) electrons. The highest BCUT2D eigenvalue weighted by molar-refractivity contribution is 5.70. The fourth-order valence-corrected chi connectivity index (χ4v) is 1.46. The molecule has 1 aliphatic carbocycles. The third-order valence-corrected chi connectivity index (χ3v) is 2.24. The van der Waals surface area contributed by atoms with Crippen LogP contribution in [-0.4, -0.2) is 17.3 Å². The Bertz CT molecular complexity index is 172. The second kappa shape index (κ2) is 3.51. The van der Waals surface area contributed by atoms with Crippen LogP contribution in [0.2, 0.25) is 0 Å². The third-order valence-electron chi connectivity index (χ3n) is 2.24. The lowest BCUT2D eigenvalue weighted by Crippen LogP contribution is -2.21. The maximum absolute atomic E-state index is 10.6. The molecule has 0 aliphatic heterocycles. The minimum absolute atomic E-state index is 0.208. The second-order valence-corrected chi connectivity index (χ2v) is 3.00. The number of aldehydes is 1. The number of rotatable bonds is 2. The highest BCUT2D eigenvalue weighted by Gasteiger charge is 2.25. The maximum Gasteiger partial charge on any atom is 0.306 e. The lowest BCUT2D eigenvalue weighted by Gasteiger charge is -2.21. The number of carboxylic acid groups (broad SMARTS) is 1. The smallest absolute Gasteiger partial charge is 0.306 e. The summed E-state index contributed by atoms with van der Waals surface area (Å²) in [5.41, 5.74) is 0. The van der Waals surface area contributed by atoms with E-state index in [4.69, 9.17) is 6.48 Å². The fraction of sp³-hybridized carbons (Fsp3) is 0.750. The van der Waals surface area contributed by atoms with E-state index < -0.39 is 12.2 Å². The van der Waals surface area contributed by atoms with Gasteiger partial charge in [0.2, 0.25) is 0 Å². The molecule has 0 amide bonds. The van der Waals surface area contributed by atoms with E-state index in [2.05, 4.69) is 0 Å². The van der Waals surface area contributed by atoms with Crippen LogP contribution in [0.3, 0.4) is 0 Å². The van der Waals surface area contributed by atoms with Crippen molar-refractivity contribution in [3.8, 4) is 0 Å². The van der Waals surface area contributed by atoms with Gasteiger partial charge in [0.15, 0.2) is 0 Å². The molecule has 0 bridgehead atoms. The number of carbonyl (C=O) groups is 2. The van der Waals surface area contributed by atoms with Crippen LogP contribution >= 0.6 is 0 Å². The predicted octanol–water partition coefficient (Wildman–Crippen LogP) is 1.08. The van der Waals surface area contributed by atoms with Crippen molar-refractivity contribution < 1.29 is 16.1 Å². The standard InChI is InChI=1S/C8H12O3/c9-5-6-1-3-7(4-2-6)8(10)11/h5-7H,1-4H2,(H,10,11)/i5D. The Balaban J connectivity index is 2.39. The highest BCUT2D eigenvalue weighted by atomic mass is 16.4. The Labute approximate surface area is 66.8 Å². The lowest BCUT2D eigenvalue weighted by atomic mass is 9.83. The summed E-state index contributed by atoms with van der Waals surface area (Å²) in [6.07, 6.45) is 1.69. The van der Waals surface area contributed by atoms with Gasteiger partial charge < -0.3 is 9.90 Å². The van der Waals surface area contributed by atoms with Crippen LogP contribution < -0.4 is 0 Å². The number of hydrogen-bond acceptors (Lipinski definition) is 2. The van der Waals surface area contributed by atoms with Crippen LogP contribution in [-0.2, 0) is 9.59 Å². The fourth-order valence-electron chi connectivity index (χ4n) is 1.46. The summed E-state index contributed by atoms with van der Waals surface area (Å²) < 4.78 is 6.86. The molecule has 0 saturated heterocycles. The molecule has 3 heteroatoms. The molecule has 1 saturated carbocycles. The van der Waals surface area contributed by atoms with E-state index in [9.17, 15) is 9.59 Å². The zero-order chi connectivity index (χ0) is 9.14. The van der Waals surface area contributed by atoms with Gasteiger partial charge in [0, 0.05) is 5.92 Å². The zero-order valence-corrected chi connectivity index (χ0v) is 6.25. The Morgan fingerprint density at radius 1 is 1.45 bits per heavy atom. The largest absolute Gasteiger partial charge is 0.481 e. The molecule has 0 aromatic rings. The first kappa shape index (κ1) is 6.83. The van der Waals surface area contributed by atoms with Crippen molar-refractivity contribution >= 4 is 12.2 Å². The van der Waals surface area contributed by atoms with Gasteiger partial charge in [0.1, 0.15) is 7.63 Å². The van der Waals surface area contributed by atoms with Gasteiger partial charge in [-0.3, -0.25) is 4.79 Å². The van der Waals surface area contributed by atoms with Crippen LogP contribution in [0.5, 0.6) is 0 Å². The van der Waals surface area contributed by atoms with Crippen LogP contribution in [0.25, 0.3) is 0 Å². The van der Waals surface area contributed by atoms with E-state index in [0.29, 0.717) is 25.7 Å². The van der Waals surface area contributed by atoms with Crippen molar-refractivity contribution in [1.29, 1.82) is 0 Å². The summed E-state index contributed by atoms with van der Waals surface area (Å²) in [5.74, 6) is -1.27. The minimum atomic E-state index is -0.772. The first-order valence-corrected chi connectivity index (χ1v) is 3.84. The maximum atomic E-state index is 10.6. The summed E-state index contributed by atoms with van der Waals surface area (Å²) in [5, 5.41) is 8.63. The Hall–Kier alpha value is -0.860. The van der Waals surface area contributed by atoms with E-state index in [0.717, 1.165) is 0 Å². The monoisotopic (exact) mass is 157 g/mol. The first-order valence-electron chi connectivity index (χ1n) is 4.34. The summed E-state index contributed by atoms with van der Waals surface area (Å²) in [6, 6.07) is 0. The molecule has 1 N–H and O–H groups in total. The average Bonchev–Trinajstić information content (AvgIpc) is 2.04. The molecular formula is C8H12O3. The molecule has 0 unspecified atom stereocenters. The molecule has 0 atom stereocenters. The second-order valence-electron chi connectivity index (χ2n) is 3.00. The predicted molar refractivity (Wildman–Crippen MR) is 39.1 cm³/mol. The molecule has 0 aromatic heterocycles. The number of aliphatic carboxylic acids is 1. The molecule has 0 spiro atoms. The SMILES string of the molecule is [2H]C(=O)C1CCC(C(=O)O)CC1. The Morgan fingerprint density at radius 3 is 2.36 bits per heavy atom. The molecule has 0 heterocycles. The topological polar surface area (TPSA) is 54.4 Å².